The van der Waals surface area contributed by atoms with Crippen molar-refractivity contribution < 1.29 is 9.72 Å². The number of rotatable bonds is 5. The van der Waals surface area contributed by atoms with Crippen LogP contribution in [0.15, 0.2) is 18.2 Å². The average Bonchev–Trinajstić information content (AvgIpc) is 2.35. The first-order chi connectivity index (χ1) is 8.76. The fraction of sp³-hybridized carbons (Fsp3) is 0.462. The Labute approximate surface area is 112 Å². The monoisotopic (exact) mass is 265 g/mol. The van der Waals surface area contributed by atoms with Crippen molar-refractivity contribution >= 4 is 17.3 Å². The van der Waals surface area contributed by atoms with Crippen LogP contribution in [0.1, 0.15) is 37.6 Å². The number of benzene rings is 1. The number of nitro benzene ring substituents is 1. The zero-order chi connectivity index (χ0) is 14.6. The Kier molecular flexibility index (Phi) is 4.47. The van der Waals surface area contributed by atoms with Gasteiger partial charge < -0.3 is 11.1 Å². The van der Waals surface area contributed by atoms with Gasteiger partial charge in [-0.25, -0.2) is 0 Å². The minimum Gasteiger partial charge on any atom is -0.399 e. The van der Waals surface area contributed by atoms with E-state index in [0.717, 1.165) is 6.42 Å². The van der Waals surface area contributed by atoms with Gasteiger partial charge in [0.15, 0.2) is 0 Å². The van der Waals surface area contributed by atoms with E-state index in [4.69, 9.17) is 5.73 Å². The van der Waals surface area contributed by atoms with Crippen LogP contribution in [0.25, 0.3) is 0 Å². The van der Waals surface area contributed by atoms with Gasteiger partial charge in [-0.1, -0.05) is 20.8 Å². The van der Waals surface area contributed by atoms with Crippen LogP contribution in [0.4, 0.5) is 11.4 Å². The van der Waals surface area contributed by atoms with Crippen LogP contribution in [0, 0.1) is 15.5 Å². The van der Waals surface area contributed by atoms with Crippen LogP contribution in [0.2, 0.25) is 0 Å². The van der Waals surface area contributed by atoms with Crippen molar-refractivity contribution in [2.24, 2.45) is 5.41 Å². The molecule has 0 aliphatic rings. The van der Waals surface area contributed by atoms with Gasteiger partial charge in [-0.05, 0) is 24.0 Å². The molecule has 0 saturated heterocycles. The quantitative estimate of drug-likeness (QED) is 0.485. The molecule has 0 fully saturated rings. The zero-order valence-electron chi connectivity index (χ0n) is 11.4. The smallest absolute Gasteiger partial charge is 0.282 e. The number of amides is 1. The van der Waals surface area contributed by atoms with Gasteiger partial charge in [0.2, 0.25) is 0 Å². The van der Waals surface area contributed by atoms with Gasteiger partial charge in [0.25, 0.3) is 11.6 Å². The number of nitrogen functional groups attached to an aromatic ring is 1. The molecule has 0 atom stereocenters. The molecule has 0 spiro atoms. The summed E-state index contributed by atoms with van der Waals surface area (Å²) in [5.74, 6) is -0.472. The fourth-order valence-corrected chi connectivity index (χ4v) is 1.43. The van der Waals surface area contributed by atoms with E-state index in [1.165, 1.54) is 18.2 Å². The van der Waals surface area contributed by atoms with Gasteiger partial charge in [0, 0.05) is 18.3 Å². The Morgan fingerprint density at radius 3 is 2.63 bits per heavy atom. The number of nitro groups is 1. The Bertz CT molecular complexity index is 498. The van der Waals surface area contributed by atoms with Crippen molar-refractivity contribution in [3.63, 3.8) is 0 Å². The van der Waals surface area contributed by atoms with Crippen LogP contribution < -0.4 is 11.1 Å². The van der Waals surface area contributed by atoms with Gasteiger partial charge in [0.05, 0.1) is 4.92 Å². The highest BCUT2D eigenvalue weighted by Gasteiger charge is 2.22. The molecule has 1 rings (SSSR count). The molecule has 0 aromatic heterocycles. The van der Waals surface area contributed by atoms with Crippen LogP contribution in [-0.4, -0.2) is 17.4 Å². The molecule has 0 aliphatic heterocycles. The van der Waals surface area contributed by atoms with Crippen LogP contribution in [0.5, 0.6) is 0 Å². The summed E-state index contributed by atoms with van der Waals surface area (Å²) in [7, 11) is 0. The number of nitrogens with zero attached hydrogens (tertiary/aromatic N) is 1. The van der Waals surface area contributed by atoms with Crippen LogP contribution in [-0.2, 0) is 0 Å². The largest absolute Gasteiger partial charge is 0.399 e. The first-order valence-electron chi connectivity index (χ1n) is 6.09. The van der Waals surface area contributed by atoms with Gasteiger partial charge in [-0.15, -0.1) is 0 Å². The van der Waals surface area contributed by atoms with E-state index in [9.17, 15) is 14.9 Å². The van der Waals surface area contributed by atoms with E-state index in [1.807, 2.05) is 20.8 Å². The van der Waals surface area contributed by atoms with E-state index < -0.39 is 10.8 Å². The molecule has 0 radical (unpaired) electrons. The molecule has 6 nitrogen and oxygen atoms in total. The lowest BCUT2D eigenvalue weighted by molar-refractivity contribution is -0.385. The minimum absolute atomic E-state index is 0.00287. The number of carbonyl (C=O) groups excluding carboxylic acids is 1. The van der Waals surface area contributed by atoms with E-state index in [-0.39, 0.29) is 16.7 Å². The number of hydrogen-bond donors (Lipinski definition) is 2. The molecule has 0 bridgehead atoms. The summed E-state index contributed by atoms with van der Waals surface area (Å²) in [6.07, 6.45) is 0.895. The van der Waals surface area contributed by atoms with E-state index >= 15 is 0 Å². The number of carbonyl (C=O) groups is 1. The number of hydrogen-bond acceptors (Lipinski definition) is 4. The van der Waals surface area contributed by atoms with Gasteiger partial charge in [0.1, 0.15) is 5.56 Å². The predicted molar refractivity (Wildman–Crippen MR) is 73.9 cm³/mol. The molecule has 6 heteroatoms. The third-order valence-electron chi connectivity index (χ3n) is 3.15. The highest BCUT2D eigenvalue weighted by atomic mass is 16.6. The summed E-state index contributed by atoms with van der Waals surface area (Å²) in [5, 5.41) is 13.6. The molecule has 0 heterocycles. The highest BCUT2D eigenvalue weighted by molar-refractivity contribution is 5.99. The second-order valence-electron chi connectivity index (χ2n) is 5.23. The standard InChI is InChI=1S/C13H19N3O3/c1-4-13(2,3)8-15-12(17)10-7-9(14)5-6-11(10)16(18)19/h5-7H,4,8,14H2,1-3H3,(H,15,17). The van der Waals surface area contributed by atoms with Crippen LogP contribution >= 0.6 is 0 Å². The predicted octanol–water partition coefficient (Wildman–Crippen LogP) is 2.34. The third-order valence-corrected chi connectivity index (χ3v) is 3.15. The summed E-state index contributed by atoms with van der Waals surface area (Å²) < 4.78 is 0. The Hall–Kier alpha value is -2.11. The molecule has 1 aromatic carbocycles. The van der Waals surface area contributed by atoms with Crippen LogP contribution in [0.3, 0.4) is 0 Å². The second-order valence-corrected chi connectivity index (χ2v) is 5.23. The minimum atomic E-state index is -0.584. The fourth-order valence-electron chi connectivity index (χ4n) is 1.43. The summed E-state index contributed by atoms with van der Waals surface area (Å²) >= 11 is 0. The Morgan fingerprint density at radius 1 is 1.47 bits per heavy atom. The third kappa shape index (κ3) is 3.94. The molecule has 1 aromatic rings. The molecule has 3 N–H and O–H groups in total. The summed E-state index contributed by atoms with van der Waals surface area (Å²) in [6.45, 7) is 6.51. The number of anilines is 1. The average molecular weight is 265 g/mol. The van der Waals surface area contributed by atoms with Crippen molar-refractivity contribution in [3.05, 3.63) is 33.9 Å². The van der Waals surface area contributed by atoms with Crippen molar-refractivity contribution in [1.82, 2.24) is 5.32 Å². The summed E-state index contributed by atoms with van der Waals surface area (Å²) in [6, 6.07) is 3.98. The van der Waals surface area contributed by atoms with Gasteiger partial charge >= 0.3 is 0 Å². The maximum absolute atomic E-state index is 12.0. The Morgan fingerprint density at radius 2 is 2.11 bits per heavy atom. The van der Waals surface area contributed by atoms with Crippen molar-refractivity contribution in [2.45, 2.75) is 27.2 Å². The molecule has 104 valence electrons. The molecule has 0 unspecified atom stereocenters. The molecular weight excluding hydrogens is 246 g/mol. The van der Waals surface area contributed by atoms with E-state index in [0.29, 0.717) is 12.2 Å². The summed E-state index contributed by atoms with van der Waals surface area (Å²) in [5.41, 5.74) is 5.61. The number of nitrogens with two attached hydrogens (primary N) is 1. The maximum Gasteiger partial charge on any atom is 0.282 e. The molecule has 19 heavy (non-hydrogen) atoms. The van der Waals surface area contributed by atoms with Gasteiger partial charge in [-0.2, -0.15) is 0 Å². The topological polar surface area (TPSA) is 98.3 Å². The number of nitrogens with one attached hydrogen (secondary N) is 1. The summed E-state index contributed by atoms with van der Waals surface area (Å²) in [4.78, 5) is 22.3. The Balaban J connectivity index is 2.93. The van der Waals surface area contributed by atoms with E-state index in [2.05, 4.69) is 5.32 Å². The lowest BCUT2D eigenvalue weighted by Crippen LogP contribution is -2.33. The van der Waals surface area contributed by atoms with Gasteiger partial charge in [-0.3, -0.25) is 14.9 Å². The lowest BCUT2D eigenvalue weighted by Gasteiger charge is -2.22. The molecule has 0 aliphatic carbocycles. The SMILES string of the molecule is CCC(C)(C)CNC(=O)c1cc(N)ccc1[N+](=O)[O-]. The first kappa shape index (κ1) is 14.9. The maximum atomic E-state index is 12.0. The van der Waals surface area contributed by atoms with E-state index in [1.54, 1.807) is 0 Å². The van der Waals surface area contributed by atoms with Crippen molar-refractivity contribution in [2.75, 3.05) is 12.3 Å². The molecular formula is C13H19N3O3. The van der Waals surface area contributed by atoms with Crippen molar-refractivity contribution in [1.29, 1.82) is 0 Å². The second kappa shape index (κ2) is 5.69. The zero-order valence-corrected chi connectivity index (χ0v) is 11.4. The normalized spacial score (nSPS) is 11.1. The van der Waals surface area contributed by atoms with Crippen molar-refractivity contribution in [3.8, 4) is 0 Å². The molecule has 1 amide bonds. The first-order valence-corrected chi connectivity index (χ1v) is 6.09. The lowest BCUT2D eigenvalue weighted by atomic mass is 9.90. The highest BCUT2D eigenvalue weighted by Crippen LogP contribution is 2.22. The molecule has 0 saturated carbocycles.